The van der Waals surface area contributed by atoms with Crippen molar-refractivity contribution in [3.8, 4) is 23.7 Å². The normalized spacial score (nSPS) is 8.40. The van der Waals surface area contributed by atoms with E-state index in [4.69, 9.17) is 5.11 Å². The highest BCUT2D eigenvalue weighted by molar-refractivity contribution is 7.80. The molecule has 0 saturated heterocycles. The van der Waals surface area contributed by atoms with Gasteiger partial charge in [-0.05, 0) is 42.5 Å². The summed E-state index contributed by atoms with van der Waals surface area (Å²) in [5, 5.41) is 8.52. The highest BCUT2D eigenvalue weighted by Crippen LogP contribution is 2.06. The van der Waals surface area contributed by atoms with Gasteiger partial charge in [0.1, 0.15) is 0 Å². The van der Waals surface area contributed by atoms with E-state index in [9.17, 15) is 0 Å². The van der Waals surface area contributed by atoms with Gasteiger partial charge in [-0.2, -0.15) is 0 Å². The Hall–Kier alpha value is -1.35. The molecule has 0 aliphatic heterocycles. The Balaban J connectivity index is 2.50. The maximum atomic E-state index is 8.52. The molecule has 0 heterocycles. The van der Waals surface area contributed by atoms with Crippen molar-refractivity contribution in [1.82, 2.24) is 0 Å². The van der Waals surface area contributed by atoms with Crippen molar-refractivity contribution < 1.29 is 5.11 Å². The highest BCUT2D eigenvalue weighted by atomic mass is 32.1. The van der Waals surface area contributed by atoms with Gasteiger partial charge in [0.2, 0.25) is 0 Å². The zero-order valence-corrected chi connectivity index (χ0v) is 9.22. The third-order valence-corrected chi connectivity index (χ3v) is 1.98. The standard InChI is InChI=1S/C13H12OS/c14-11-5-3-1-2-4-6-12-7-9-13(15)10-8-12/h7-10,14-15H,3,5,11H2. The molecule has 0 aliphatic carbocycles. The van der Waals surface area contributed by atoms with Gasteiger partial charge < -0.3 is 5.11 Å². The Morgan fingerprint density at radius 2 is 1.87 bits per heavy atom. The lowest BCUT2D eigenvalue weighted by molar-refractivity contribution is 0.290. The zero-order chi connectivity index (χ0) is 10.9. The molecule has 0 radical (unpaired) electrons. The molecule has 0 aliphatic rings. The van der Waals surface area contributed by atoms with Crippen LogP contribution in [0.5, 0.6) is 0 Å². The molecule has 0 spiro atoms. The molecule has 1 aromatic carbocycles. The zero-order valence-electron chi connectivity index (χ0n) is 8.33. The number of unbranched alkanes of at least 4 members (excludes halogenated alkanes) is 1. The smallest absolute Gasteiger partial charge is 0.0440 e. The van der Waals surface area contributed by atoms with Crippen molar-refractivity contribution in [1.29, 1.82) is 0 Å². The minimum Gasteiger partial charge on any atom is -0.396 e. The summed E-state index contributed by atoms with van der Waals surface area (Å²) in [7, 11) is 0. The maximum absolute atomic E-state index is 8.52. The molecule has 0 atom stereocenters. The summed E-state index contributed by atoms with van der Waals surface area (Å²) in [4.78, 5) is 0.926. The predicted octanol–water partition coefficient (Wildman–Crippen LogP) is 2.10. The molecule has 2 heteroatoms. The molecule has 1 N–H and O–H groups in total. The van der Waals surface area contributed by atoms with Gasteiger partial charge in [-0.1, -0.05) is 11.8 Å². The Kier molecular flexibility index (Phi) is 5.48. The molecular formula is C13H12OS. The lowest BCUT2D eigenvalue weighted by atomic mass is 10.2. The summed E-state index contributed by atoms with van der Waals surface area (Å²) < 4.78 is 0. The van der Waals surface area contributed by atoms with E-state index in [2.05, 4.69) is 36.3 Å². The van der Waals surface area contributed by atoms with Crippen LogP contribution in [0.3, 0.4) is 0 Å². The molecule has 0 amide bonds. The van der Waals surface area contributed by atoms with Crippen LogP contribution in [0.15, 0.2) is 29.2 Å². The Labute approximate surface area is 95.9 Å². The summed E-state index contributed by atoms with van der Waals surface area (Å²) in [6.07, 6.45) is 1.41. The Morgan fingerprint density at radius 1 is 1.13 bits per heavy atom. The van der Waals surface area contributed by atoms with E-state index in [1.807, 2.05) is 24.3 Å². The first-order chi connectivity index (χ1) is 7.33. The first-order valence-corrected chi connectivity index (χ1v) is 5.16. The van der Waals surface area contributed by atoms with Gasteiger partial charge in [0.05, 0.1) is 0 Å². The molecule has 15 heavy (non-hydrogen) atoms. The van der Waals surface area contributed by atoms with E-state index in [0.717, 1.165) is 10.5 Å². The van der Waals surface area contributed by atoms with Crippen LogP contribution in [0, 0.1) is 23.7 Å². The number of thiol groups is 1. The quantitative estimate of drug-likeness (QED) is 0.441. The van der Waals surface area contributed by atoms with Crippen LogP contribution in [0.1, 0.15) is 18.4 Å². The van der Waals surface area contributed by atoms with Gasteiger partial charge in [-0.3, -0.25) is 0 Å². The minimum absolute atomic E-state index is 0.186. The van der Waals surface area contributed by atoms with Crippen molar-refractivity contribution in [2.24, 2.45) is 0 Å². The van der Waals surface area contributed by atoms with Gasteiger partial charge in [-0.15, -0.1) is 12.6 Å². The number of hydrogen-bond donors (Lipinski definition) is 2. The average Bonchev–Trinajstić information content (AvgIpc) is 2.26. The van der Waals surface area contributed by atoms with Crippen LogP contribution < -0.4 is 0 Å². The van der Waals surface area contributed by atoms with Crippen LogP contribution in [-0.4, -0.2) is 11.7 Å². The molecule has 0 bridgehead atoms. The lowest BCUT2D eigenvalue weighted by Gasteiger charge is -1.89. The third kappa shape index (κ3) is 5.18. The van der Waals surface area contributed by atoms with Crippen molar-refractivity contribution in [3.05, 3.63) is 29.8 Å². The van der Waals surface area contributed by atoms with E-state index in [1.165, 1.54) is 0 Å². The summed E-state index contributed by atoms with van der Waals surface area (Å²) in [6, 6.07) is 7.61. The number of rotatable bonds is 2. The SMILES string of the molecule is OCCCC#CC#Cc1ccc(S)cc1. The fraction of sp³-hybridized carbons (Fsp3) is 0.231. The third-order valence-electron chi connectivity index (χ3n) is 1.68. The van der Waals surface area contributed by atoms with Crippen molar-refractivity contribution in [3.63, 3.8) is 0 Å². The topological polar surface area (TPSA) is 20.2 Å². The van der Waals surface area contributed by atoms with Crippen LogP contribution in [0.25, 0.3) is 0 Å². The van der Waals surface area contributed by atoms with Crippen molar-refractivity contribution in [2.45, 2.75) is 17.7 Å². The molecule has 0 unspecified atom stereocenters. The fourth-order valence-electron chi connectivity index (χ4n) is 0.922. The fourth-order valence-corrected chi connectivity index (χ4v) is 1.07. The molecular weight excluding hydrogens is 204 g/mol. The largest absolute Gasteiger partial charge is 0.396 e. The first-order valence-electron chi connectivity index (χ1n) is 4.71. The average molecular weight is 216 g/mol. The summed E-state index contributed by atoms with van der Waals surface area (Å²) >= 11 is 4.18. The highest BCUT2D eigenvalue weighted by Gasteiger charge is 1.84. The van der Waals surface area contributed by atoms with E-state index in [0.29, 0.717) is 12.8 Å². The molecule has 1 aromatic rings. The second kappa shape index (κ2) is 7.01. The van der Waals surface area contributed by atoms with E-state index in [-0.39, 0.29) is 6.61 Å². The second-order valence-electron chi connectivity index (χ2n) is 2.93. The number of aliphatic hydroxyl groups excluding tert-OH is 1. The molecule has 0 aromatic heterocycles. The Bertz CT molecular complexity index is 412. The van der Waals surface area contributed by atoms with Crippen molar-refractivity contribution >= 4 is 12.6 Å². The summed E-state index contributed by atoms with van der Waals surface area (Å²) in [5.74, 6) is 11.3. The molecule has 1 nitrogen and oxygen atoms in total. The van der Waals surface area contributed by atoms with Crippen LogP contribution in [-0.2, 0) is 0 Å². The molecule has 0 saturated carbocycles. The minimum atomic E-state index is 0.186. The van der Waals surface area contributed by atoms with Crippen molar-refractivity contribution in [2.75, 3.05) is 6.61 Å². The van der Waals surface area contributed by atoms with Gasteiger partial charge in [0.25, 0.3) is 0 Å². The van der Waals surface area contributed by atoms with Gasteiger partial charge in [-0.25, -0.2) is 0 Å². The van der Waals surface area contributed by atoms with E-state index < -0.39 is 0 Å². The van der Waals surface area contributed by atoms with Crippen LogP contribution in [0.4, 0.5) is 0 Å². The summed E-state index contributed by atoms with van der Waals surface area (Å²) in [5.41, 5.74) is 0.934. The first kappa shape index (κ1) is 11.7. The monoisotopic (exact) mass is 216 g/mol. The second-order valence-corrected chi connectivity index (χ2v) is 3.44. The number of hydrogen-bond acceptors (Lipinski definition) is 2. The Morgan fingerprint density at radius 3 is 2.53 bits per heavy atom. The maximum Gasteiger partial charge on any atom is 0.0440 e. The molecule has 0 fully saturated rings. The van der Waals surface area contributed by atoms with Gasteiger partial charge >= 0.3 is 0 Å². The van der Waals surface area contributed by atoms with E-state index >= 15 is 0 Å². The van der Waals surface area contributed by atoms with Gasteiger partial charge in [0.15, 0.2) is 0 Å². The predicted molar refractivity (Wildman–Crippen MR) is 64.7 cm³/mol. The number of aliphatic hydroxyl groups is 1. The molecule has 76 valence electrons. The summed E-state index contributed by atoms with van der Waals surface area (Å²) in [6.45, 7) is 0.186. The molecule has 1 rings (SSSR count). The lowest BCUT2D eigenvalue weighted by Crippen LogP contribution is -1.78. The van der Waals surface area contributed by atoms with Crippen LogP contribution >= 0.6 is 12.6 Å². The number of benzene rings is 1. The van der Waals surface area contributed by atoms with Crippen LogP contribution in [0.2, 0.25) is 0 Å². The van der Waals surface area contributed by atoms with Gasteiger partial charge in [0, 0.05) is 23.5 Å². The van der Waals surface area contributed by atoms with E-state index in [1.54, 1.807) is 0 Å².